The highest BCUT2D eigenvalue weighted by Gasteiger charge is 2.20. The van der Waals surface area contributed by atoms with Crippen molar-refractivity contribution >= 4 is 35.1 Å². The maximum atomic E-state index is 12.4. The summed E-state index contributed by atoms with van der Waals surface area (Å²) in [4.78, 5) is 23.6. The molecule has 1 unspecified atom stereocenters. The fourth-order valence-electron chi connectivity index (χ4n) is 2.49. The molecule has 2 N–H and O–H groups in total. The van der Waals surface area contributed by atoms with E-state index in [0.29, 0.717) is 28.0 Å². The number of carbonyl (C=O) groups is 2. The smallest absolute Gasteiger partial charge is 0.327 e. The molecule has 1 amide bonds. The van der Waals surface area contributed by atoms with Gasteiger partial charge in [-0.15, -0.1) is 12.3 Å². The highest BCUT2D eigenvalue weighted by molar-refractivity contribution is 6.35. The molecule has 2 aromatic carbocycles. The number of aliphatic carboxylic acids is 1. The summed E-state index contributed by atoms with van der Waals surface area (Å²) in [6.45, 7) is 0.275. The first-order chi connectivity index (χ1) is 13.8. The molecule has 0 saturated heterocycles. The van der Waals surface area contributed by atoms with Crippen molar-refractivity contribution in [1.29, 1.82) is 0 Å². The van der Waals surface area contributed by atoms with Crippen LogP contribution in [0.3, 0.4) is 0 Å². The van der Waals surface area contributed by atoms with Crippen LogP contribution >= 0.6 is 23.2 Å². The minimum atomic E-state index is -1.21. The number of methoxy groups -OCH3 is 1. The molecule has 0 aliphatic carbocycles. The minimum absolute atomic E-state index is 0.123. The number of terminal acetylenes is 1. The largest absolute Gasteiger partial charge is 0.493 e. The van der Waals surface area contributed by atoms with Crippen LogP contribution in [0.4, 0.5) is 0 Å². The highest BCUT2D eigenvalue weighted by atomic mass is 35.5. The number of hydrogen-bond acceptors (Lipinski definition) is 4. The molecule has 0 aliphatic heterocycles. The molecule has 0 saturated carbocycles. The summed E-state index contributed by atoms with van der Waals surface area (Å²) < 4.78 is 11.0. The molecule has 2 aromatic rings. The molecule has 1 atom stereocenters. The van der Waals surface area contributed by atoms with E-state index in [9.17, 15) is 9.59 Å². The number of carboxylic acid groups (broad SMARTS) is 1. The van der Waals surface area contributed by atoms with Gasteiger partial charge < -0.3 is 19.9 Å². The minimum Gasteiger partial charge on any atom is -0.493 e. The van der Waals surface area contributed by atoms with E-state index in [1.54, 1.807) is 18.2 Å². The number of amides is 1. The van der Waals surface area contributed by atoms with E-state index in [4.69, 9.17) is 44.2 Å². The molecule has 0 bridgehead atoms. The lowest BCUT2D eigenvalue weighted by atomic mass is 10.1. The predicted molar refractivity (Wildman–Crippen MR) is 111 cm³/mol. The topological polar surface area (TPSA) is 84.9 Å². The van der Waals surface area contributed by atoms with Gasteiger partial charge in [-0.1, -0.05) is 29.3 Å². The SMILES string of the molecule is C#CCC(NC(=O)c1ccc(OC)c(OCCc2ccc(Cl)cc2Cl)c1)C(=O)O. The summed E-state index contributed by atoms with van der Waals surface area (Å²) >= 11 is 12.0. The lowest BCUT2D eigenvalue weighted by Gasteiger charge is -2.15. The second-order valence-corrected chi connectivity index (χ2v) is 6.82. The molecule has 2 rings (SSSR count). The quantitative estimate of drug-likeness (QED) is 0.584. The highest BCUT2D eigenvalue weighted by Crippen LogP contribution is 2.29. The monoisotopic (exact) mass is 435 g/mol. The van der Waals surface area contributed by atoms with Gasteiger partial charge in [0.25, 0.3) is 5.91 Å². The van der Waals surface area contributed by atoms with E-state index < -0.39 is 17.9 Å². The van der Waals surface area contributed by atoms with Crippen molar-refractivity contribution in [3.63, 3.8) is 0 Å². The first kappa shape index (κ1) is 22.4. The molecule has 0 aromatic heterocycles. The van der Waals surface area contributed by atoms with E-state index in [-0.39, 0.29) is 18.6 Å². The van der Waals surface area contributed by atoms with Gasteiger partial charge in [0.2, 0.25) is 0 Å². The summed E-state index contributed by atoms with van der Waals surface area (Å²) in [5.74, 6) is 1.21. The van der Waals surface area contributed by atoms with Crippen molar-refractivity contribution in [3.05, 3.63) is 57.6 Å². The predicted octanol–water partition coefficient (Wildman–Crippen LogP) is 3.83. The van der Waals surface area contributed by atoms with Gasteiger partial charge in [0.05, 0.1) is 13.7 Å². The summed E-state index contributed by atoms with van der Waals surface area (Å²) in [6, 6.07) is 8.58. The van der Waals surface area contributed by atoms with Crippen LogP contribution in [0.5, 0.6) is 11.5 Å². The van der Waals surface area contributed by atoms with Gasteiger partial charge in [0, 0.05) is 28.5 Å². The maximum Gasteiger partial charge on any atom is 0.327 e. The molecule has 0 fully saturated rings. The molecule has 0 spiro atoms. The standard InChI is InChI=1S/C21H19Cl2NO5/c1-3-4-17(21(26)27)24-20(25)14-6-8-18(28-2)19(11-14)29-10-9-13-5-7-15(22)12-16(13)23/h1,5-8,11-12,17H,4,9-10H2,2H3,(H,24,25)(H,26,27). The van der Waals surface area contributed by atoms with Crippen LogP contribution in [0, 0.1) is 12.3 Å². The molecule has 8 heteroatoms. The van der Waals surface area contributed by atoms with Crippen LogP contribution in [0.1, 0.15) is 22.3 Å². The van der Waals surface area contributed by atoms with Crippen LogP contribution in [-0.2, 0) is 11.2 Å². The van der Waals surface area contributed by atoms with Crippen molar-refractivity contribution in [1.82, 2.24) is 5.32 Å². The number of carboxylic acids is 1. The maximum absolute atomic E-state index is 12.4. The molecule has 0 heterocycles. The zero-order valence-electron chi connectivity index (χ0n) is 15.6. The third-order valence-corrected chi connectivity index (χ3v) is 4.58. The molecular weight excluding hydrogens is 417 g/mol. The van der Waals surface area contributed by atoms with Gasteiger partial charge in [-0.05, 0) is 35.9 Å². The first-order valence-electron chi connectivity index (χ1n) is 8.57. The van der Waals surface area contributed by atoms with Gasteiger partial charge in [0.1, 0.15) is 6.04 Å². The van der Waals surface area contributed by atoms with Crippen molar-refractivity contribution in [2.45, 2.75) is 18.9 Å². The second-order valence-electron chi connectivity index (χ2n) is 5.97. The number of hydrogen-bond donors (Lipinski definition) is 2. The van der Waals surface area contributed by atoms with Gasteiger partial charge in [-0.3, -0.25) is 4.79 Å². The summed E-state index contributed by atoms with van der Waals surface area (Å²) in [5, 5.41) is 12.6. The molecular formula is C21H19Cl2NO5. The Morgan fingerprint density at radius 2 is 1.97 bits per heavy atom. The zero-order chi connectivity index (χ0) is 21.4. The Hall–Kier alpha value is -2.88. The van der Waals surface area contributed by atoms with E-state index in [1.165, 1.54) is 19.2 Å². The molecule has 0 radical (unpaired) electrons. The number of benzene rings is 2. The van der Waals surface area contributed by atoms with Crippen molar-refractivity contribution in [2.75, 3.05) is 13.7 Å². The molecule has 0 aliphatic rings. The third kappa shape index (κ3) is 6.31. The van der Waals surface area contributed by atoms with Gasteiger partial charge in [-0.25, -0.2) is 4.79 Å². The Kier molecular flexibility index (Phi) is 8.20. The molecule has 152 valence electrons. The van der Waals surface area contributed by atoms with Crippen LogP contribution in [0.15, 0.2) is 36.4 Å². The Balaban J connectivity index is 2.10. The van der Waals surface area contributed by atoms with E-state index in [0.717, 1.165) is 5.56 Å². The van der Waals surface area contributed by atoms with Crippen LogP contribution in [0.2, 0.25) is 10.0 Å². The van der Waals surface area contributed by atoms with Crippen LogP contribution in [-0.4, -0.2) is 36.7 Å². The van der Waals surface area contributed by atoms with Gasteiger partial charge in [0.15, 0.2) is 11.5 Å². The Labute approximate surface area is 178 Å². The number of nitrogens with one attached hydrogen (secondary N) is 1. The van der Waals surface area contributed by atoms with Gasteiger partial charge in [-0.2, -0.15) is 0 Å². The molecule has 29 heavy (non-hydrogen) atoms. The number of ether oxygens (including phenoxy) is 2. The fraction of sp³-hybridized carbons (Fsp3) is 0.238. The summed E-state index contributed by atoms with van der Waals surface area (Å²) in [6.07, 6.45) is 5.54. The third-order valence-electron chi connectivity index (χ3n) is 4.00. The first-order valence-corrected chi connectivity index (χ1v) is 9.33. The zero-order valence-corrected chi connectivity index (χ0v) is 17.1. The Morgan fingerprint density at radius 3 is 2.59 bits per heavy atom. The average Bonchev–Trinajstić information content (AvgIpc) is 2.69. The summed E-state index contributed by atoms with van der Waals surface area (Å²) in [7, 11) is 1.48. The molecule has 6 nitrogen and oxygen atoms in total. The number of rotatable bonds is 9. The van der Waals surface area contributed by atoms with Crippen molar-refractivity contribution < 1.29 is 24.2 Å². The lowest BCUT2D eigenvalue weighted by molar-refractivity contribution is -0.139. The average molecular weight is 436 g/mol. The second kappa shape index (κ2) is 10.6. The Morgan fingerprint density at radius 1 is 1.21 bits per heavy atom. The van der Waals surface area contributed by atoms with Crippen molar-refractivity contribution in [3.8, 4) is 23.8 Å². The fourth-order valence-corrected chi connectivity index (χ4v) is 2.99. The van der Waals surface area contributed by atoms with Crippen molar-refractivity contribution in [2.24, 2.45) is 0 Å². The lowest BCUT2D eigenvalue weighted by Crippen LogP contribution is -2.40. The van der Waals surface area contributed by atoms with E-state index in [2.05, 4.69) is 11.2 Å². The van der Waals surface area contributed by atoms with Crippen LogP contribution < -0.4 is 14.8 Å². The van der Waals surface area contributed by atoms with E-state index in [1.807, 2.05) is 6.07 Å². The number of carbonyl (C=O) groups excluding carboxylic acids is 1. The number of halogens is 2. The summed E-state index contributed by atoms with van der Waals surface area (Å²) in [5.41, 5.74) is 1.08. The van der Waals surface area contributed by atoms with E-state index >= 15 is 0 Å². The van der Waals surface area contributed by atoms with Gasteiger partial charge >= 0.3 is 5.97 Å². The Bertz CT molecular complexity index is 939. The van der Waals surface area contributed by atoms with Crippen LogP contribution in [0.25, 0.3) is 0 Å². The normalized spacial score (nSPS) is 11.2.